The number of aryl methyl sites for hydroxylation is 1. The maximum Gasteiger partial charge on any atom is 0.262 e. The molecule has 1 aromatic carbocycles. The number of carbonyl (C=O) groups excluding carboxylic acids is 1. The van der Waals surface area contributed by atoms with Gasteiger partial charge in [-0.05, 0) is 56.5 Å². The van der Waals surface area contributed by atoms with Crippen LogP contribution in [0.3, 0.4) is 0 Å². The second-order valence-electron chi connectivity index (χ2n) is 6.86. The molecule has 0 radical (unpaired) electrons. The van der Waals surface area contributed by atoms with Gasteiger partial charge in [-0.15, -0.1) is 0 Å². The molecule has 4 nitrogen and oxygen atoms in total. The molecule has 0 aliphatic heterocycles. The Bertz CT molecular complexity index is 947. The topological polar surface area (TPSA) is 57.8 Å². The molecule has 0 unspecified atom stereocenters. The van der Waals surface area contributed by atoms with Crippen LogP contribution in [0.2, 0.25) is 10.0 Å². The maximum absolute atomic E-state index is 12.5. The number of nitriles is 1. The van der Waals surface area contributed by atoms with Crippen molar-refractivity contribution in [2.24, 2.45) is 0 Å². The summed E-state index contributed by atoms with van der Waals surface area (Å²) in [6.07, 6.45) is 5.84. The Morgan fingerprint density at radius 2 is 2.00 bits per heavy atom. The number of halogens is 2. The van der Waals surface area contributed by atoms with Crippen LogP contribution in [0.4, 0.5) is 0 Å². The Kier molecular flexibility index (Phi) is 5.94. The summed E-state index contributed by atoms with van der Waals surface area (Å²) in [6, 6.07) is 9.61. The fourth-order valence-corrected chi connectivity index (χ4v) is 3.99. The molecule has 0 bridgehead atoms. The highest BCUT2D eigenvalue weighted by molar-refractivity contribution is 6.43. The van der Waals surface area contributed by atoms with Gasteiger partial charge in [0.2, 0.25) is 0 Å². The van der Waals surface area contributed by atoms with Crippen LogP contribution in [0.5, 0.6) is 0 Å². The highest BCUT2D eigenvalue weighted by Gasteiger charge is 2.20. The van der Waals surface area contributed by atoms with Gasteiger partial charge in [-0.25, -0.2) is 0 Å². The van der Waals surface area contributed by atoms with Gasteiger partial charge >= 0.3 is 0 Å². The third kappa shape index (κ3) is 4.05. The molecule has 1 amide bonds. The minimum absolute atomic E-state index is 0.111. The summed E-state index contributed by atoms with van der Waals surface area (Å²) >= 11 is 12.5. The fraction of sp³-hybridized carbons (Fsp3) is 0.333. The van der Waals surface area contributed by atoms with E-state index in [1.807, 2.05) is 42.7 Å². The summed E-state index contributed by atoms with van der Waals surface area (Å²) in [5.41, 5.74) is 3.52. The van der Waals surface area contributed by atoms with Crippen LogP contribution in [0.15, 0.2) is 29.8 Å². The Morgan fingerprint density at radius 3 is 2.67 bits per heavy atom. The van der Waals surface area contributed by atoms with Gasteiger partial charge in [-0.3, -0.25) is 4.79 Å². The van der Waals surface area contributed by atoms with Crippen molar-refractivity contribution in [3.05, 3.63) is 56.8 Å². The van der Waals surface area contributed by atoms with Crippen molar-refractivity contribution in [3.8, 4) is 11.8 Å². The molecule has 3 rings (SSSR count). The van der Waals surface area contributed by atoms with Gasteiger partial charge in [0.25, 0.3) is 5.91 Å². The molecular weight excluding hydrogens is 381 g/mol. The SMILES string of the molecule is Cc1cc(/C=C(/C#N)C(=O)NC2CCCC2)c(C)n1-c1cccc(Cl)c1Cl. The molecule has 1 aliphatic rings. The van der Waals surface area contributed by atoms with Gasteiger partial charge in [0.05, 0.1) is 15.7 Å². The van der Waals surface area contributed by atoms with Gasteiger partial charge in [-0.2, -0.15) is 5.26 Å². The number of hydrogen-bond acceptors (Lipinski definition) is 2. The van der Waals surface area contributed by atoms with Crippen molar-refractivity contribution < 1.29 is 4.79 Å². The standard InChI is InChI=1S/C21H21Cl2N3O/c1-13-10-15(11-16(12-24)21(27)25-17-6-3-4-7-17)14(2)26(13)19-9-5-8-18(22)20(19)23/h5,8-11,17H,3-4,6-7H2,1-2H3,(H,25,27)/b16-11-. The van der Waals surface area contributed by atoms with Gasteiger partial charge < -0.3 is 9.88 Å². The van der Waals surface area contributed by atoms with Crippen LogP contribution in [0.1, 0.15) is 42.6 Å². The monoisotopic (exact) mass is 401 g/mol. The van der Waals surface area contributed by atoms with Crippen molar-refractivity contribution in [1.29, 1.82) is 5.26 Å². The lowest BCUT2D eigenvalue weighted by atomic mass is 10.1. The summed E-state index contributed by atoms with van der Waals surface area (Å²) in [7, 11) is 0. The molecule has 2 aromatic rings. The molecule has 1 saturated carbocycles. The van der Waals surface area contributed by atoms with E-state index in [-0.39, 0.29) is 17.5 Å². The number of rotatable bonds is 4. The first kappa shape index (κ1) is 19.5. The zero-order valence-electron chi connectivity index (χ0n) is 15.4. The minimum Gasteiger partial charge on any atom is -0.349 e. The number of benzene rings is 1. The second kappa shape index (κ2) is 8.21. The molecule has 0 saturated heterocycles. The largest absolute Gasteiger partial charge is 0.349 e. The predicted molar refractivity (Wildman–Crippen MR) is 109 cm³/mol. The van der Waals surface area contributed by atoms with E-state index in [0.717, 1.165) is 48.3 Å². The third-order valence-electron chi connectivity index (χ3n) is 5.00. The molecule has 1 aromatic heterocycles. The maximum atomic E-state index is 12.5. The normalized spacial score (nSPS) is 15.0. The summed E-state index contributed by atoms with van der Waals surface area (Å²) in [6.45, 7) is 3.88. The van der Waals surface area contributed by atoms with E-state index < -0.39 is 0 Å². The highest BCUT2D eigenvalue weighted by Crippen LogP contribution is 2.32. The molecule has 27 heavy (non-hydrogen) atoms. The van der Waals surface area contributed by atoms with Crippen LogP contribution in [-0.2, 0) is 4.79 Å². The van der Waals surface area contributed by atoms with Crippen molar-refractivity contribution in [2.75, 3.05) is 0 Å². The Balaban J connectivity index is 1.95. The molecule has 1 aliphatic carbocycles. The van der Waals surface area contributed by atoms with E-state index in [4.69, 9.17) is 23.2 Å². The first-order valence-corrected chi connectivity index (χ1v) is 9.74. The lowest BCUT2D eigenvalue weighted by Crippen LogP contribution is -2.33. The minimum atomic E-state index is -0.310. The lowest BCUT2D eigenvalue weighted by Gasteiger charge is -2.12. The van der Waals surface area contributed by atoms with Crippen molar-refractivity contribution >= 4 is 35.2 Å². The van der Waals surface area contributed by atoms with Crippen LogP contribution in [-0.4, -0.2) is 16.5 Å². The van der Waals surface area contributed by atoms with E-state index in [0.29, 0.717) is 10.0 Å². The number of nitrogens with one attached hydrogen (secondary N) is 1. The molecule has 0 atom stereocenters. The van der Waals surface area contributed by atoms with Gasteiger partial charge in [0.1, 0.15) is 11.6 Å². The van der Waals surface area contributed by atoms with E-state index in [1.165, 1.54) is 0 Å². The first-order chi connectivity index (χ1) is 12.9. The fourth-order valence-electron chi connectivity index (χ4n) is 3.61. The predicted octanol–water partition coefficient (Wildman–Crippen LogP) is 5.37. The van der Waals surface area contributed by atoms with Gasteiger partial charge in [-0.1, -0.05) is 42.1 Å². The average molecular weight is 402 g/mol. The molecule has 1 fully saturated rings. The molecule has 1 heterocycles. The van der Waals surface area contributed by atoms with Crippen LogP contribution in [0, 0.1) is 25.2 Å². The number of amides is 1. The highest BCUT2D eigenvalue weighted by atomic mass is 35.5. The Morgan fingerprint density at radius 1 is 1.30 bits per heavy atom. The number of aromatic nitrogens is 1. The zero-order chi connectivity index (χ0) is 19.6. The van der Waals surface area contributed by atoms with Gasteiger partial charge in [0.15, 0.2) is 0 Å². The Hall–Kier alpha value is -2.22. The zero-order valence-corrected chi connectivity index (χ0v) is 16.9. The van der Waals surface area contributed by atoms with Gasteiger partial charge in [0, 0.05) is 17.4 Å². The van der Waals surface area contributed by atoms with E-state index in [1.54, 1.807) is 12.1 Å². The molecule has 6 heteroatoms. The number of carbonyl (C=O) groups is 1. The van der Waals surface area contributed by atoms with E-state index >= 15 is 0 Å². The van der Waals surface area contributed by atoms with Crippen LogP contribution < -0.4 is 5.32 Å². The van der Waals surface area contributed by atoms with Crippen molar-refractivity contribution in [3.63, 3.8) is 0 Å². The van der Waals surface area contributed by atoms with Crippen LogP contribution >= 0.6 is 23.2 Å². The molecule has 1 N–H and O–H groups in total. The van der Waals surface area contributed by atoms with E-state index in [9.17, 15) is 10.1 Å². The van der Waals surface area contributed by atoms with Crippen molar-refractivity contribution in [1.82, 2.24) is 9.88 Å². The Labute approximate surface area is 169 Å². The first-order valence-electron chi connectivity index (χ1n) is 8.98. The van der Waals surface area contributed by atoms with Crippen molar-refractivity contribution in [2.45, 2.75) is 45.6 Å². The molecule has 140 valence electrons. The molecular formula is C21H21Cl2N3O. The third-order valence-corrected chi connectivity index (χ3v) is 5.81. The molecule has 0 spiro atoms. The summed E-state index contributed by atoms with van der Waals surface area (Å²) < 4.78 is 1.98. The quantitative estimate of drug-likeness (QED) is 0.552. The number of hydrogen-bond donors (Lipinski definition) is 1. The summed E-state index contributed by atoms with van der Waals surface area (Å²) in [4.78, 5) is 12.5. The number of nitrogens with zero attached hydrogens (tertiary/aromatic N) is 2. The van der Waals surface area contributed by atoms with Crippen LogP contribution in [0.25, 0.3) is 11.8 Å². The second-order valence-corrected chi connectivity index (χ2v) is 7.64. The summed E-state index contributed by atoms with van der Waals surface area (Å²) in [5, 5.41) is 13.4. The van der Waals surface area contributed by atoms with E-state index in [2.05, 4.69) is 5.32 Å². The lowest BCUT2D eigenvalue weighted by molar-refractivity contribution is -0.117. The smallest absolute Gasteiger partial charge is 0.262 e. The summed E-state index contributed by atoms with van der Waals surface area (Å²) in [5.74, 6) is -0.310. The average Bonchev–Trinajstić information content (AvgIpc) is 3.23.